The number of halogens is 1. The van der Waals surface area contributed by atoms with Gasteiger partial charge in [0.1, 0.15) is 0 Å². The van der Waals surface area contributed by atoms with Crippen LogP contribution in [0.3, 0.4) is 0 Å². The molecule has 2 N–H and O–H groups in total. The van der Waals surface area contributed by atoms with Crippen LogP contribution in [0.25, 0.3) is 10.9 Å². The molecule has 1 heterocycles. The van der Waals surface area contributed by atoms with Crippen molar-refractivity contribution in [3.63, 3.8) is 0 Å². The van der Waals surface area contributed by atoms with E-state index in [1.165, 1.54) is 16.5 Å². The summed E-state index contributed by atoms with van der Waals surface area (Å²) in [5, 5.41) is 4.42. The second-order valence-corrected chi connectivity index (χ2v) is 3.86. The van der Waals surface area contributed by atoms with E-state index in [2.05, 4.69) is 44.4 Å². The molecule has 1 aromatic carbocycles. The van der Waals surface area contributed by atoms with E-state index in [9.17, 15) is 0 Å². The standard InChI is InChI=1S/C10H11BrN2/c1-12-10(11)8-6-13-9-5-3-2-4-7(8)9/h2-6,10,12-13H,1H3. The minimum atomic E-state index is 0.212. The summed E-state index contributed by atoms with van der Waals surface area (Å²) in [4.78, 5) is 3.45. The molecule has 2 aromatic rings. The Bertz CT molecular complexity index is 408. The molecule has 0 radical (unpaired) electrons. The fraction of sp³-hybridized carbons (Fsp3) is 0.200. The van der Waals surface area contributed by atoms with Crippen LogP contribution < -0.4 is 5.32 Å². The van der Waals surface area contributed by atoms with Gasteiger partial charge < -0.3 is 10.3 Å². The van der Waals surface area contributed by atoms with Crippen molar-refractivity contribution in [3.8, 4) is 0 Å². The van der Waals surface area contributed by atoms with Crippen molar-refractivity contribution in [2.45, 2.75) is 4.95 Å². The Morgan fingerprint density at radius 3 is 2.92 bits per heavy atom. The SMILES string of the molecule is CNC(Br)c1c[nH]c2ccccc12. The predicted molar refractivity (Wildman–Crippen MR) is 59.0 cm³/mol. The summed E-state index contributed by atoms with van der Waals surface area (Å²) in [5.74, 6) is 0. The monoisotopic (exact) mass is 238 g/mol. The molecule has 0 amide bonds. The molecule has 0 saturated heterocycles. The minimum absolute atomic E-state index is 0.212. The minimum Gasteiger partial charge on any atom is -0.361 e. The summed E-state index contributed by atoms with van der Waals surface area (Å²) in [6.45, 7) is 0. The van der Waals surface area contributed by atoms with Gasteiger partial charge in [-0.1, -0.05) is 34.1 Å². The molecular weight excluding hydrogens is 228 g/mol. The number of fused-ring (bicyclic) bond motifs is 1. The zero-order valence-electron chi connectivity index (χ0n) is 7.34. The fourth-order valence-electron chi connectivity index (χ4n) is 1.46. The first-order chi connectivity index (χ1) is 6.33. The van der Waals surface area contributed by atoms with Crippen molar-refractivity contribution in [3.05, 3.63) is 36.0 Å². The summed E-state index contributed by atoms with van der Waals surface area (Å²) in [6, 6.07) is 8.28. The molecule has 68 valence electrons. The lowest BCUT2D eigenvalue weighted by atomic mass is 10.2. The molecule has 0 aliphatic heterocycles. The van der Waals surface area contributed by atoms with Crippen LogP contribution in [-0.4, -0.2) is 12.0 Å². The number of nitrogens with one attached hydrogen (secondary N) is 2. The molecule has 0 saturated carbocycles. The van der Waals surface area contributed by atoms with Crippen molar-refractivity contribution >= 4 is 26.8 Å². The Labute approximate surface area is 85.5 Å². The molecule has 2 rings (SSSR count). The summed E-state index contributed by atoms with van der Waals surface area (Å²) in [7, 11) is 1.93. The lowest BCUT2D eigenvalue weighted by Crippen LogP contribution is -2.08. The van der Waals surface area contributed by atoms with E-state index in [1.807, 2.05) is 19.3 Å². The second-order valence-electron chi connectivity index (χ2n) is 2.94. The highest BCUT2D eigenvalue weighted by molar-refractivity contribution is 9.09. The van der Waals surface area contributed by atoms with Gasteiger partial charge in [0, 0.05) is 22.7 Å². The highest BCUT2D eigenvalue weighted by Crippen LogP contribution is 2.27. The van der Waals surface area contributed by atoms with Crippen molar-refractivity contribution in [2.24, 2.45) is 0 Å². The number of para-hydroxylation sites is 1. The molecule has 0 aliphatic rings. The maximum absolute atomic E-state index is 3.55. The van der Waals surface area contributed by atoms with Gasteiger partial charge in [0.15, 0.2) is 0 Å². The number of rotatable bonds is 2. The first-order valence-electron chi connectivity index (χ1n) is 4.20. The summed E-state index contributed by atoms with van der Waals surface area (Å²) >= 11 is 3.55. The van der Waals surface area contributed by atoms with Crippen LogP contribution in [0.15, 0.2) is 30.5 Å². The van der Waals surface area contributed by atoms with Gasteiger partial charge in [-0.3, -0.25) is 0 Å². The first kappa shape index (κ1) is 8.78. The van der Waals surface area contributed by atoms with Gasteiger partial charge in [-0.2, -0.15) is 0 Å². The lowest BCUT2D eigenvalue weighted by molar-refractivity contribution is 0.814. The third kappa shape index (κ3) is 1.49. The Morgan fingerprint density at radius 1 is 1.38 bits per heavy atom. The number of hydrogen-bond donors (Lipinski definition) is 2. The second kappa shape index (κ2) is 3.52. The smallest absolute Gasteiger partial charge is 0.0904 e. The third-order valence-electron chi connectivity index (χ3n) is 2.15. The molecule has 1 aromatic heterocycles. The van der Waals surface area contributed by atoms with Gasteiger partial charge in [0.2, 0.25) is 0 Å². The summed E-state index contributed by atoms with van der Waals surface area (Å²) in [5.41, 5.74) is 2.43. The number of benzene rings is 1. The molecule has 1 unspecified atom stereocenters. The van der Waals surface area contributed by atoms with E-state index in [0.717, 1.165) is 0 Å². The van der Waals surface area contributed by atoms with Crippen LogP contribution in [0, 0.1) is 0 Å². The molecule has 0 spiro atoms. The normalized spacial score (nSPS) is 13.4. The maximum atomic E-state index is 3.55. The largest absolute Gasteiger partial charge is 0.361 e. The van der Waals surface area contributed by atoms with Gasteiger partial charge in [0.05, 0.1) is 4.95 Å². The van der Waals surface area contributed by atoms with Crippen LogP contribution in [0.4, 0.5) is 0 Å². The van der Waals surface area contributed by atoms with E-state index < -0.39 is 0 Å². The molecule has 2 nitrogen and oxygen atoms in total. The van der Waals surface area contributed by atoms with Crippen molar-refractivity contribution in [1.82, 2.24) is 10.3 Å². The fourth-order valence-corrected chi connectivity index (χ4v) is 1.84. The van der Waals surface area contributed by atoms with Gasteiger partial charge in [-0.05, 0) is 13.1 Å². The van der Waals surface area contributed by atoms with Gasteiger partial charge >= 0.3 is 0 Å². The molecule has 3 heteroatoms. The molecular formula is C10H11BrN2. The highest BCUT2D eigenvalue weighted by Gasteiger charge is 2.09. The molecule has 1 atom stereocenters. The average Bonchev–Trinajstić information content (AvgIpc) is 2.60. The zero-order chi connectivity index (χ0) is 9.26. The van der Waals surface area contributed by atoms with Crippen LogP contribution >= 0.6 is 15.9 Å². The zero-order valence-corrected chi connectivity index (χ0v) is 8.93. The van der Waals surface area contributed by atoms with Gasteiger partial charge in [-0.25, -0.2) is 0 Å². The van der Waals surface area contributed by atoms with E-state index in [4.69, 9.17) is 0 Å². The van der Waals surface area contributed by atoms with Crippen LogP contribution in [-0.2, 0) is 0 Å². The maximum Gasteiger partial charge on any atom is 0.0904 e. The van der Waals surface area contributed by atoms with Crippen LogP contribution in [0.1, 0.15) is 10.5 Å². The summed E-state index contributed by atoms with van der Waals surface area (Å²) < 4.78 is 0. The number of alkyl halides is 1. The topological polar surface area (TPSA) is 27.8 Å². The Balaban J connectivity index is 2.57. The average molecular weight is 239 g/mol. The highest BCUT2D eigenvalue weighted by atomic mass is 79.9. The molecule has 13 heavy (non-hydrogen) atoms. The summed E-state index contributed by atoms with van der Waals surface area (Å²) in [6.07, 6.45) is 2.03. The van der Waals surface area contributed by atoms with E-state index >= 15 is 0 Å². The van der Waals surface area contributed by atoms with Crippen molar-refractivity contribution < 1.29 is 0 Å². The predicted octanol–water partition coefficient (Wildman–Crippen LogP) is 2.78. The van der Waals surface area contributed by atoms with Crippen LogP contribution in [0.2, 0.25) is 0 Å². The lowest BCUT2D eigenvalue weighted by Gasteiger charge is -2.05. The first-order valence-corrected chi connectivity index (χ1v) is 5.12. The molecule has 0 fully saturated rings. The van der Waals surface area contributed by atoms with Crippen LogP contribution in [0.5, 0.6) is 0 Å². The Kier molecular flexibility index (Phi) is 2.38. The third-order valence-corrected chi connectivity index (χ3v) is 3.10. The van der Waals surface area contributed by atoms with E-state index in [-0.39, 0.29) is 4.95 Å². The van der Waals surface area contributed by atoms with Gasteiger partial charge in [-0.15, -0.1) is 0 Å². The number of aromatic amines is 1. The number of H-pyrrole nitrogens is 1. The number of aromatic nitrogens is 1. The van der Waals surface area contributed by atoms with Gasteiger partial charge in [0.25, 0.3) is 0 Å². The number of hydrogen-bond acceptors (Lipinski definition) is 1. The molecule has 0 bridgehead atoms. The van der Waals surface area contributed by atoms with Crippen molar-refractivity contribution in [1.29, 1.82) is 0 Å². The van der Waals surface area contributed by atoms with E-state index in [0.29, 0.717) is 0 Å². The Morgan fingerprint density at radius 2 is 2.15 bits per heavy atom. The quantitative estimate of drug-likeness (QED) is 0.612. The Hall–Kier alpha value is -0.800. The van der Waals surface area contributed by atoms with E-state index in [1.54, 1.807) is 0 Å². The van der Waals surface area contributed by atoms with Crippen molar-refractivity contribution in [2.75, 3.05) is 7.05 Å². The molecule has 0 aliphatic carbocycles.